The average Bonchev–Trinajstić information content (AvgIpc) is 2.94. The second-order valence-corrected chi connectivity index (χ2v) is 6.92. The number of rotatable bonds is 8. The van der Waals surface area contributed by atoms with E-state index in [4.69, 9.17) is 0 Å². The Hall–Kier alpha value is -1.02. The molecule has 0 amide bonds. The molecule has 2 heteroatoms. The Morgan fingerprint density at radius 1 is 1.24 bits per heavy atom. The van der Waals surface area contributed by atoms with Crippen LogP contribution in [0.3, 0.4) is 0 Å². The molecule has 1 saturated heterocycles. The first-order chi connectivity index (χ1) is 10.2. The van der Waals surface area contributed by atoms with Gasteiger partial charge in [0.2, 0.25) is 0 Å². The van der Waals surface area contributed by atoms with E-state index >= 15 is 0 Å². The molecule has 1 fully saturated rings. The van der Waals surface area contributed by atoms with Gasteiger partial charge in [-0.1, -0.05) is 39.3 Å². The lowest BCUT2D eigenvalue weighted by molar-refractivity contribution is 0.477. The van der Waals surface area contributed by atoms with E-state index in [1.54, 1.807) is 0 Å². The molecular weight excluding hydrogens is 256 g/mol. The van der Waals surface area contributed by atoms with Gasteiger partial charge in [-0.3, -0.25) is 0 Å². The van der Waals surface area contributed by atoms with E-state index in [9.17, 15) is 0 Å². The molecule has 0 aliphatic carbocycles. The number of hydrogen-bond acceptors (Lipinski definition) is 2. The molecule has 0 aromatic heterocycles. The van der Waals surface area contributed by atoms with E-state index in [1.807, 2.05) is 0 Å². The first kappa shape index (κ1) is 16.4. The van der Waals surface area contributed by atoms with Crippen LogP contribution in [0.1, 0.15) is 45.6 Å². The minimum atomic E-state index is 0.748. The number of unbranched alkanes of at least 4 members (excludes halogenated alkanes) is 1. The van der Waals surface area contributed by atoms with Crippen LogP contribution in [0, 0.1) is 11.8 Å². The molecule has 1 atom stereocenters. The summed E-state index contributed by atoms with van der Waals surface area (Å²) in [6, 6.07) is 9.26. The molecule has 0 bridgehead atoms. The molecule has 1 aliphatic rings. The smallest absolute Gasteiger partial charge is 0.0366 e. The number of anilines is 1. The van der Waals surface area contributed by atoms with E-state index in [-0.39, 0.29) is 0 Å². The van der Waals surface area contributed by atoms with Crippen LogP contribution in [0.5, 0.6) is 0 Å². The lowest BCUT2D eigenvalue weighted by Gasteiger charge is -2.19. The van der Waals surface area contributed by atoms with E-state index in [0.717, 1.165) is 18.4 Å². The van der Waals surface area contributed by atoms with Crippen LogP contribution in [0.4, 0.5) is 5.69 Å². The van der Waals surface area contributed by atoms with Gasteiger partial charge in [0.15, 0.2) is 0 Å². The van der Waals surface area contributed by atoms with E-state index in [2.05, 4.69) is 55.3 Å². The van der Waals surface area contributed by atoms with Crippen molar-refractivity contribution in [3.63, 3.8) is 0 Å². The van der Waals surface area contributed by atoms with Crippen LogP contribution >= 0.6 is 0 Å². The van der Waals surface area contributed by atoms with Crippen LogP contribution in [0.2, 0.25) is 0 Å². The summed E-state index contributed by atoms with van der Waals surface area (Å²) in [4.78, 5) is 2.55. The molecule has 21 heavy (non-hydrogen) atoms. The molecule has 2 rings (SSSR count). The van der Waals surface area contributed by atoms with Gasteiger partial charge in [0.05, 0.1) is 0 Å². The van der Waals surface area contributed by atoms with Crippen LogP contribution in [0.15, 0.2) is 24.3 Å². The summed E-state index contributed by atoms with van der Waals surface area (Å²) < 4.78 is 0. The highest BCUT2D eigenvalue weighted by Gasteiger charge is 2.22. The van der Waals surface area contributed by atoms with Gasteiger partial charge >= 0.3 is 0 Å². The fraction of sp³-hybridized carbons (Fsp3) is 0.684. The Bertz CT molecular complexity index is 397. The Morgan fingerprint density at radius 3 is 2.67 bits per heavy atom. The van der Waals surface area contributed by atoms with Crippen LogP contribution < -0.4 is 10.2 Å². The van der Waals surface area contributed by atoms with Gasteiger partial charge in [0.25, 0.3) is 0 Å². The van der Waals surface area contributed by atoms with Gasteiger partial charge in [0.1, 0.15) is 0 Å². The predicted octanol–water partition coefficient (Wildman–Crippen LogP) is 4.10. The van der Waals surface area contributed by atoms with Gasteiger partial charge in [0, 0.05) is 18.8 Å². The Labute approximate surface area is 130 Å². The maximum absolute atomic E-state index is 3.60. The van der Waals surface area contributed by atoms with Crippen LogP contribution in [0.25, 0.3) is 0 Å². The average molecular weight is 288 g/mol. The molecule has 1 aliphatic heterocycles. The largest absolute Gasteiger partial charge is 0.371 e. The predicted molar refractivity (Wildman–Crippen MR) is 93.1 cm³/mol. The standard InChI is InChI=1S/C19H32N2/c1-4-5-6-17-7-9-19(10-8-17)21-12-11-18(15-21)14-20-13-16(2)3/h7-10,16,18,20H,4-6,11-15H2,1-3H3. The Balaban J connectivity index is 1.78. The summed E-state index contributed by atoms with van der Waals surface area (Å²) in [6.45, 7) is 11.5. The first-order valence-electron chi connectivity index (χ1n) is 8.73. The second-order valence-electron chi connectivity index (χ2n) is 6.92. The van der Waals surface area contributed by atoms with Crippen LogP contribution in [-0.2, 0) is 6.42 Å². The summed E-state index contributed by atoms with van der Waals surface area (Å²) in [6.07, 6.45) is 5.12. The lowest BCUT2D eigenvalue weighted by Crippen LogP contribution is -2.28. The highest BCUT2D eigenvalue weighted by Crippen LogP contribution is 2.24. The Morgan fingerprint density at radius 2 is 2.00 bits per heavy atom. The summed E-state index contributed by atoms with van der Waals surface area (Å²) in [5.41, 5.74) is 2.89. The molecule has 1 heterocycles. The molecule has 1 aromatic rings. The highest BCUT2D eigenvalue weighted by molar-refractivity contribution is 5.48. The normalized spacial score (nSPS) is 18.7. The minimum absolute atomic E-state index is 0.748. The summed E-state index contributed by atoms with van der Waals surface area (Å²) >= 11 is 0. The van der Waals surface area contributed by atoms with Gasteiger partial charge in [-0.05, 0) is 61.9 Å². The molecule has 0 saturated carbocycles. The van der Waals surface area contributed by atoms with Gasteiger partial charge in [-0.15, -0.1) is 0 Å². The van der Waals surface area contributed by atoms with Crippen molar-refractivity contribution in [2.24, 2.45) is 11.8 Å². The van der Waals surface area contributed by atoms with Gasteiger partial charge in [-0.25, -0.2) is 0 Å². The minimum Gasteiger partial charge on any atom is -0.371 e. The zero-order valence-corrected chi connectivity index (χ0v) is 14.1. The Kier molecular flexibility index (Phi) is 6.56. The summed E-state index contributed by atoms with van der Waals surface area (Å²) in [5, 5.41) is 3.60. The van der Waals surface area contributed by atoms with Crippen molar-refractivity contribution in [3.05, 3.63) is 29.8 Å². The first-order valence-corrected chi connectivity index (χ1v) is 8.73. The quantitative estimate of drug-likeness (QED) is 0.774. The number of aryl methyl sites for hydroxylation is 1. The highest BCUT2D eigenvalue weighted by atomic mass is 15.2. The number of nitrogens with zero attached hydrogens (tertiary/aromatic N) is 1. The van der Waals surface area contributed by atoms with Crippen molar-refractivity contribution in [2.75, 3.05) is 31.1 Å². The van der Waals surface area contributed by atoms with E-state index < -0.39 is 0 Å². The van der Waals surface area contributed by atoms with Crippen molar-refractivity contribution in [3.8, 4) is 0 Å². The molecular formula is C19H32N2. The molecule has 1 unspecified atom stereocenters. The SMILES string of the molecule is CCCCc1ccc(N2CCC(CNCC(C)C)C2)cc1. The number of hydrogen-bond donors (Lipinski definition) is 1. The van der Waals surface area contributed by atoms with Crippen molar-refractivity contribution < 1.29 is 0 Å². The van der Waals surface area contributed by atoms with Gasteiger partial charge in [-0.2, -0.15) is 0 Å². The van der Waals surface area contributed by atoms with E-state index in [1.165, 1.54) is 56.6 Å². The summed E-state index contributed by atoms with van der Waals surface area (Å²) in [5.74, 6) is 1.56. The molecule has 0 radical (unpaired) electrons. The molecule has 118 valence electrons. The maximum Gasteiger partial charge on any atom is 0.0366 e. The molecule has 1 aromatic carbocycles. The third-order valence-electron chi connectivity index (χ3n) is 4.39. The van der Waals surface area contributed by atoms with Gasteiger partial charge < -0.3 is 10.2 Å². The topological polar surface area (TPSA) is 15.3 Å². The molecule has 0 spiro atoms. The zero-order valence-electron chi connectivity index (χ0n) is 14.1. The summed E-state index contributed by atoms with van der Waals surface area (Å²) in [7, 11) is 0. The lowest BCUT2D eigenvalue weighted by atomic mass is 10.1. The zero-order chi connectivity index (χ0) is 15.1. The number of nitrogens with one attached hydrogen (secondary N) is 1. The van der Waals surface area contributed by atoms with Crippen LogP contribution in [-0.4, -0.2) is 26.2 Å². The van der Waals surface area contributed by atoms with Crippen molar-refractivity contribution in [2.45, 2.75) is 46.5 Å². The van der Waals surface area contributed by atoms with Crippen molar-refractivity contribution in [1.82, 2.24) is 5.32 Å². The molecule has 2 nitrogen and oxygen atoms in total. The number of benzene rings is 1. The third kappa shape index (κ3) is 5.35. The fourth-order valence-electron chi connectivity index (χ4n) is 3.06. The van der Waals surface area contributed by atoms with E-state index in [0.29, 0.717) is 0 Å². The second kappa shape index (κ2) is 8.43. The van der Waals surface area contributed by atoms with Crippen molar-refractivity contribution >= 4 is 5.69 Å². The molecule has 1 N–H and O–H groups in total. The third-order valence-corrected chi connectivity index (χ3v) is 4.39. The monoisotopic (exact) mass is 288 g/mol. The van der Waals surface area contributed by atoms with Crippen molar-refractivity contribution in [1.29, 1.82) is 0 Å². The maximum atomic E-state index is 3.60. The fourth-order valence-corrected chi connectivity index (χ4v) is 3.06.